The maximum Gasteiger partial charge on any atom is 0.217 e. The molecule has 2 aromatic heterocycles. The van der Waals surface area contributed by atoms with Crippen LogP contribution in [0.1, 0.15) is 30.5 Å². The van der Waals surface area contributed by atoms with E-state index in [9.17, 15) is 5.11 Å². The molecule has 1 N–H and O–H groups in total. The summed E-state index contributed by atoms with van der Waals surface area (Å²) in [4.78, 5) is 4.64. The zero-order valence-corrected chi connectivity index (χ0v) is 14.8. The smallest absolute Gasteiger partial charge is 0.217 e. The highest BCUT2D eigenvalue weighted by molar-refractivity contribution is 5.46. The Hall–Kier alpha value is -2.60. The number of benzene rings is 1. The fourth-order valence-corrected chi connectivity index (χ4v) is 2.60. The van der Waals surface area contributed by atoms with Crippen molar-refractivity contribution >= 4 is 0 Å². The Morgan fingerprint density at radius 2 is 2.12 bits per heavy atom. The number of aliphatic hydroxyl groups excluding tert-OH is 1. The number of hydrogen-bond acceptors (Lipinski definition) is 5. The quantitative estimate of drug-likeness (QED) is 0.714. The average molecular weight is 341 g/mol. The van der Waals surface area contributed by atoms with Gasteiger partial charge in [-0.2, -0.15) is 0 Å². The van der Waals surface area contributed by atoms with Gasteiger partial charge in [0.1, 0.15) is 17.3 Å². The SMILES string of the molecule is CCC(O)Cn1nc(-c2ccc(C)o2)nc1Cc1cccc(OC)c1. The minimum Gasteiger partial charge on any atom is -0.497 e. The standard InChI is InChI=1S/C19H23N3O3/c1-4-15(23)12-22-18(11-14-6-5-7-16(10-14)24-3)20-19(21-22)17-9-8-13(2)25-17/h5-10,15,23H,4,11-12H2,1-3H3. The van der Waals surface area contributed by atoms with Crippen molar-refractivity contribution in [2.24, 2.45) is 0 Å². The average Bonchev–Trinajstić information content (AvgIpc) is 3.21. The van der Waals surface area contributed by atoms with Gasteiger partial charge in [0.2, 0.25) is 5.82 Å². The second-order valence-electron chi connectivity index (χ2n) is 6.03. The van der Waals surface area contributed by atoms with Crippen LogP contribution in [0.3, 0.4) is 0 Å². The lowest BCUT2D eigenvalue weighted by Crippen LogP contribution is -2.18. The van der Waals surface area contributed by atoms with Gasteiger partial charge in [-0.25, -0.2) is 9.67 Å². The summed E-state index contributed by atoms with van der Waals surface area (Å²) in [5.74, 6) is 3.57. The van der Waals surface area contributed by atoms with Crippen LogP contribution >= 0.6 is 0 Å². The number of rotatable bonds is 7. The van der Waals surface area contributed by atoms with E-state index in [4.69, 9.17) is 9.15 Å². The number of aryl methyl sites for hydroxylation is 1. The van der Waals surface area contributed by atoms with Gasteiger partial charge >= 0.3 is 0 Å². The second kappa shape index (κ2) is 7.53. The van der Waals surface area contributed by atoms with E-state index >= 15 is 0 Å². The lowest BCUT2D eigenvalue weighted by molar-refractivity contribution is 0.144. The monoisotopic (exact) mass is 341 g/mol. The van der Waals surface area contributed by atoms with E-state index in [0.29, 0.717) is 31.0 Å². The zero-order valence-electron chi connectivity index (χ0n) is 14.8. The Morgan fingerprint density at radius 1 is 1.28 bits per heavy atom. The van der Waals surface area contributed by atoms with E-state index in [0.717, 1.165) is 22.9 Å². The van der Waals surface area contributed by atoms with Crippen LogP contribution in [0.5, 0.6) is 5.75 Å². The van der Waals surface area contributed by atoms with Crippen LogP contribution < -0.4 is 4.74 Å². The highest BCUT2D eigenvalue weighted by Gasteiger charge is 2.16. The fraction of sp³-hybridized carbons (Fsp3) is 0.368. The van der Waals surface area contributed by atoms with E-state index in [2.05, 4.69) is 10.1 Å². The Morgan fingerprint density at radius 3 is 2.80 bits per heavy atom. The molecule has 1 atom stereocenters. The summed E-state index contributed by atoms with van der Waals surface area (Å²) in [6.07, 6.45) is 0.797. The number of methoxy groups -OCH3 is 1. The molecular weight excluding hydrogens is 318 g/mol. The topological polar surface area (TPSA) is 73.3 Å². The fourth-order valence-electron chi connectivity index (χ4n) is 2.60. The van der Waals surface area contributed by atoms with Gasteiger partial charge in [0.05, 0.1) is 19.8 Å². The molecule has 0 bridgehead atoms. The highest BCUT2D eigenvalue weighted by Crippen LogP contribution is 2.21. The summed E-state index contributed by atoms with van der Waals surface area (Å²) in [6, 6.07) is 11.6. The highest BCUT2D eigenvalue weighted by atomic mass is 16.5. The van der Waals surface area contributed by atoms with Crippen molar-refractivity contribution in [3.05, 3.63) is 53.5 Å². The van der Waals surface area contributed by atoms with Crippen LogP contribution in [-0.2, 0) is 13.0 Å². The molecule has 1 unspecified atom stereocenters. The van der Waals surface area contributed by atoms with E-state index in [1.165, 1.54) is 0 Å². The third kappa shape index (κ3) is 4.09. The molecular formula is C19H23N3O3. The Bertz CT molecular complexity index is 838. The lowest BCUT2D eigenvalue weighted by atomic mass is 10.1. The first-order valence-electron chi connectivity index (χ1n) is 8.40. The maximum absolute atomic E-state index is 10.0. The summed E-state index contributed by atoms with van der Waals surface area (Å²) in [5.41, 5.74) is 1.07. The van der Waals surface area contributed by atoms with E-state index < -0.39 is 6.10 Å². The van der Waals surface area contributed by atoms with Crippen LogP contribution in [0.25, 0.3) is 11.6 Å². The molecule has 0 spiro atoms. The van der Waals surface area contributed by atoms with Gasteiger partial charge in [0.25, 0.3) is 0 Å². The number of hydrogen-bond donors (Lipinski definition) is 1. The molecule has 0 radical (unpaired) electrons. The summed E-state index contributed by atoms with van der Waals surface area (Å²) >= 11 is 0. The molecule has 0 saturated heterocycles. The molecule has 3 aromatic rings. The van der Waals surface area contributed by atoms with Gasteiger partial charge in [-0.15, -0.1) is 5.10 Å². The van der Waals surface area contributed by atoms with Crippen molar-refractivity contribution in [1.82, 2.24) is 14.8 Å². The molecule has 0 amide bonds. The molecule has 6 nitrogen and oxygen atoms in total. The molecule has 0 aliphatic heterocycles. The number of aliphatic hydroxyl groups is 1. The first-order valence-corrected chi connectivity index (χ1v) is 8.40. The van der Waals surface area contributed by atoms with Crippen molar-refractivity contribution in [3.8, 4) is 17.3 Å². The van der Waals surface area contributed by atoms with Crippen LogP contribution in [0.4, 0.5) is 0 Å². The normalized spacial score (nSPS) is 12.3. The van der Waals surface area contributed by atoms with Crippen LogP contribution in [0, 0.1) is 6.92 Å². The number of ether oxygens (including phenoxy) is 1. The lowest BCUT2D eigenvalue weighted by Gasteiger charge is -2.10. The molecule has 0 saturated carbocycles. The predicted molar refractivity (Wildman–Crippen MR) is 94.6 cm³/mol. The van der Waals surface area contributed by atoms with Crippen molar-refractivity contribution < 1.29 is 14.3 Å². The van der Waals surface area contributed by atoms with Gasteiger partial charge in [0.15, 0.2) is 5.76 Å². The molecule has 0 aliphatic rings. The number of furan rings is 1. The van der Waals surface area contributed by atoms with E-state index in [1.807, 2.05) is 50.2 Å². The Balaban J connectivity index is 1.93. The van der Waals surface area contributed by atoms with Crippen molar-refractivity contribution in [3.63, 3.8) is 0 Å². The maximum atomic E-state index is 10.0. The minimum absolute atomic E-state index is 0.405. The first kappa shape index (κ1) is 17.2. The van der Waals surface area contributed by atoms with Gasteiger partial charge in [-0.3, -0.25) is 0 Å². The Labute approximate surface area is 147 Å². The van der Waals surface area contributed by atoms with Crippen molar-refractivity contribution in [2.75, 3.05) is 7.11 Å². The summed E-state index contributed by atoms with van der Waals surface area (Å²) < 4.78 is 12.7. The molecule has 25 heavy (non-hydrogen) atoms. The van der Waals surface area contributed by atoms with Crippen molar-refractivity contribution in [1.29, 1.82) is 0 Å². The summed E-state index contributed by atoms with van der Waals surface area (Å²) in [5, 5.41) is 14.6. The Kier molecular flexibility index (Phi) is 5.19. The number of nitrogens with zero attached hydrogens (tertiary/aromatic N) is 3. The summed E-state index contributed by atoms with van der Waals surface area (Å²) in [6.45, 7) is 4.24. The van der Waals surface area contributed by atoms with Crippen LogP contribution in [0.2, 0.25) is 0 Å². The van der Waals surface area contributed by atoms with E-state index in [-0.39, 0.29) is 0 Å². The number of aromatic nitrogens is 3. The van der Waals surface area contributed by atoms with Gasteiger partial charge in [-0.1, -0.05) is 19.1 Å². The predicted octanol–water partition coefficient (Wildman–Crippen LogP) is 3.22. The third-order valence-corrected chi connectivity index (χ3v) is 4.06. The molecule has 3 rings (SSSR count). The van der Waals surface area contributed by atoms with Crippen LogP contribution in [-0.4, -0.2) is 33.1 Å². The van der Waals surface area contributed by atoms with Gasteiger partial charge < -0.3 is 14.3 Å². The molecule has 0 aliphatic carbocycles. The molecule has 0 fully saturated rings. The molecule has 2 heterocycles. The molecule has 6 heteroatoms. The first-order chi connectivity index (χ1) is 12.1. The van der Waals surface area contributed by atoms with Gasteiger partial charge in [-0.05, 0) is 43.2 Å². The molecule has 1 aromatic carbocycles. The summed E-state index contributed by atoms with van der Waals surface area (Å²) in [7, 11) is 1.65. The zero-order chi connectivity index (χ0) is 17.8. The van der Waals surface area contributed by atoms with E-state index in [1.54, 1.807) is 11.8 Å². The second-order valence-corrected chi connectivity index (χ2v) is 6.03. The van der Waals surface area contributed by atoms with Crippen molar-refractivity contribution in [2.45, 2.75) is 39.3 Å². The minimum atomic E-state index is -0.461. The molecule has 132 valence electrons. The third-order valence-electron chi connectivity index (χ3n) is 4.06. The largest absolute Gasteiger partial charge is 0.497 e. The van der Waals surface area contributed by atoms with Gasteiger partial charge in [0, 0.05) is 6.42 Å². The van der Waals surface area contributed by atoms with Crippen LogP contribution in [0.15, 0.2) is 40.8 Å².